The van der Waals surface area contributed by atoms with E-state index in [9.17, 15) is 9.90 Å². The molecule has 1 unspecified atom stereocenters. The normalized spacial score (nSPS) is 30.6. The maximum atomic E-state index is 12.8. The van der Waals surface area contributed by atoms with Crippen molar-refractivity contribution in [2.45, 2.75) is 56.2 Å². The molecular formula is C20H28N2O4. The summed E-state index contributed by atoms with van der Waals surface area (Å²) in [6, 6.07) is 6.36. The fraction of sp³-hybridized carbons (Fsp3) is 0.650. The van der Waals surface area contributed by atoms with Crippen LogP contribution in [0.3, 0.4) is 0 Å². The fourth-order valence-corrected chi connectivity index (χ4v) is 4.80. The van der Waals surface area contributed by atoms with E-state index >= 15 is 0 Å². The Bertz CT molecular complexity index is 666. The molecule has 1 aromatic rings. The highest BCUT2D eigenvalue weighted by molar-refractivity contribution is 5.76. The Morgan fingerprint density at radius 3 is 2.88 bits per heavy atom. The Balaban J connectivity index is 1.36. The Kier molecular flexibility index (Phi) is 4.80. The van der Waals surface area contributed by atoms with Gasteiger partial charge in [-0.25, -0.2) is 0 Å². The summed E-state index contributed by atoms with van der Waals surface area (Å²) < 4.78 is 11.3. The SMILES string of the molecule is COc1cc(CCC(=O)N2CCOC3(C[C@H]4CC[C@@H](C3)N4)C2)ccc1O. The van der Waals surface area contributed by atoms with Crippen molar-refractivity contribution in [3.8, 4) is 11.5 Å². The third kappa shape index (κ3) is 3.53. The van der Waals surface area contributed by atoms with E-state index in [2.05, 4.69) is 5.32 Å². The molecule has 3 saturated heterocycles. The molecule has 0 saturated carbocycles. The van der Waals surface area contributed by atoms with Crippen molar-refractivity contribution in [2.24, 2.45) is 0 Å². The monoisotopic (exact) mass is 360 g/mol. The van der Waals surface area contributed by atoms with E-state index < -0.39 is 0 Å². The van der Waals surface area contributed by atoms with Crippen LogP contribution in [-0.2, 0) is 16.0 Å². The third-order valence-corrected chi connectivity index (χ3v) is 6.04. The maximum absolute atomic E-state index is 12.8. The van der Waals surface area contributed by atoms with Crippen molar-refractivity contribution in [1.82, 2.24) is 10.2 Å². The number of methoxy groups -OCH3 is 1. The van der Waals surface area contributed by atoms with Crippen LogP contribution in [0.1, 0.15) is 37.7 Å². The molecule has 0 aliphatic carbocycles. The van der Waals surface area contributed by atoms with Crippen LogP contribution in [0.15, 0.2) is 18.2 Å². The highest BCUT2D eigenvalue weighted by atomic mass is 16.5. The van der Waals surface area contributed by atoms with Gasteiger partial charge in [-0.05, 0) is 49.8 Å². The molecule has 4 rings (SSSR count). The number of aryl methyl sites for hydroxylation is 1. The lowest BCUT2D eigenvalue weighted by Gasteiger charge is -2.47. The average Bonchev–Trinajstić information content (AvgIpc) is 2.99. The number of carbonyl (C=O) groups excluding carboxylic acids is 1. The molecule has 3 heterocycles. The van der Waals surface area contributed by atoms with E-state index in [1.54, 1.807) is 12.1 Å². The maximum Gasteiger partial charge on any atom is 0.223 e. The van der Waals surface area contributed by atoms with Gasteiger partial charge < -0.3 is 24.8 Å². The van der Waals surface area contributed by atoms with E-state index in [0.29, 0.717) is 43.8 Å². The number of aromatic hydroxyl groups is 1. The largest absolute Gasteiger partial charge is 0.504 e. The Labute approximate surface area is 154 Å². The molecule has 0 radical (unpaired) electrons. The van der Waals surface area contributed by atoms with Crippen LogP contribution in [-0.4, -0.2) is 60.4 Å². The second kappa shape index (κ2) is 7.08. The molecule has 3 aliphatic rings. The number of rotatable bonds is 4. The van der Waals surface area contributed by atoms with Gasteiger partial charge in [-0.3, -0.25) is 4.79 Å². The fourth-order valence-electron chi connectivity index (χ4n) is 4.80. The molecule has 0 aromatic heterocycles. The number of amides is 1. The van der Waals surface area contributed by atoms with Crippen LogP contribution in [0.25, 0.3) is 0 Å². The number of phenolic OH excluding ortho intramolecular Hbond substituents is 1. The minimum atomic E-state index is -0.146. The molecule has 3 aliphatic heterocycles. The van der Waals surface area contributed by atoms with Crippen LogP contribution in [0, 0.1) is 0 Å². The Morgan fingerprint density at radius 2 is 2.15 bits per heavy atom. The highest BCUT2D eigenvalue weighted by Crippen LogP contribution is 2.38. The van der Waals surface area contributed by atoms with Crippen molar-refractivity contribution < 1.29 is 19.4 Å². The molecule has 1 spiro atoms. The number of nitrogens with zero attached hydrogens (tertiary/aromatic N) is 1. The van der Waals surface area contributed by atoms with E-state index in [1.165, 1.54) is 20.0 Å². The van der Waals surface area contributed by atoms with Gasteiger partial charge in [0.1, 0.15) is 0 Å². The quantitative estimate of drug-likeness (QED) is 0.857. The zero-order chi connectivity index (χ0) is 18.1. The van der Waals surface area contributed by atoms with Gasteiger partial charge in [0, 0.05) is 31.6 Å². The molecule has 1 aromatic carbocycles. The highest BCUT2D eigenvalue weighted by Gasteiger charge is 2.47. The lowest BCUT2D eigenvalue weighted by molar-refractivity contribution is -0.158. The standard InChI is InChI=1S/C20H28N2O4/c1-25-18-10-14(2-6-17(18)23)3-7-19(24)22-8-9-26-20(13-22)11-15-4-5-16(12-20)21-15/h2,6,10,15-16,21,23H,3-5,7-9,11-13H2,1H3/t15-,16+,20?. The van der Waals surface area contributed by atoms with Gasteiger partial charge in [0.2, 0.25) is 5.91 Å². The number of phenols is 1. The van der Waals surface area contributed by atoms with Gasteiger partial charge in [-0.15, -0.1) is 0 Å². The minimum absolute atomic E-state index is 0.123. The predicted molar refractivity (Wildman–Crippen MR) is 97.4 cm³/mol. The summed E-state index contributed by atoms with van der Waals surface area (Å²) in [6.07, 6.45) is 5.60. The summed E-state index contributed by atoms with van der Waals surface area (Å²) >= 11 is 0. The first-order valence-corrected chi connectivity index (χ1v) is 9.61. The van der Waals surface area contributed by atoms with E-state index in [4.69, 9.17) is 9.47 Å². The number of nitrogens with one attached hydrogen (secondary N) is 1. The number of carbonyl (C=O) groups is 1. The van der Waals surface area contributed by atoms with Gasteiger partial charge in [0.15, 0.2) is 11.5 Å². The molecule has 142 valence electrons. The summed E-state index contributed by atoms with van der Waals surface area (Å²) in [7, 11) is 1.53. The number of fused-ring (bicyclic) bond motifs is 2. The minimum Gasteiger partial charge on any atom is -0.504 e. The van der Waals surface area contributed by atoms with E-state index in [-0.39, 0.29) is 17.3 Å². The summed E-state index contributed by atoms with van der Waals surface area (Å²) in [6.45, 7) is 2.04. The molecule has 3 fully saturated rings. The zero-order valence-corrected chi connectivity index (χ0v) is 15.4. The summed E-state index contributed by atoms with van der Waals surface area (Å²) in [5, 5.41) is 13.3. The number of hydrogen-bond acceptors (Lipinski definition) is 5. The molecule has 6 heteroatoms. The van der Waals surface area contributed by atoms with Crippen LogP contribution >= 0.6 is 0 Å². The van der Waals surface area contributed by atoms with Crippen molar-refractivity contribution >= 4 is 5.91 Å². The number of morpholine rings is 1. The smallest absolute Gasteiger partial charge is 0.223 e. The van der Waals surface area contributed by atoms with Gasteiger partial charge in [0.05, 0.1) is 19.3 Å². The zero-order valence-electron chi connectivity index (χ0n) is 15.4. The van der Waals surface area contributed by atoms with Gasteiger partial charge in [-0.1, -0.05) is 6.07 Å². The van der Waals surface area contributed by atoms with Crippen LogP contribution in [0.5, 0.6) is 11.5 Å². The van der Waals surface area contributed by atoms with Gasteiger partial charge in [-0.2, -0.15) is 0 Å². The molecule has 2 bridgehead atoms. The van der Waals surface area contributed by atoms with Crippen LogP contribution in [0.4, 0.5) is 0 Å². The second-order valence-electron chi connectivity index (χ2n) is 7.90. The predicted octanol–water partition coefficient (Wildman–Crippen LogP) is 1.85. The van der Waals surface area contributed by atoms with Crippen LogP contribution < -0.4 is 10.1 Å². The molecule has 3 atom stereocenters. The summed E-state index contributed by atoms with van der Waals surface area (Å²) in [4.78, 5) is 14.8. The topological polar surface area (TPSA) is 71.0 Å². The van der Waals surface area contributed by atoms with Crippen molar-refractivity contribution in [1.29, 1.82) is 0 Å². The first-order valence-electron chi connectivity index (χ1n) is 9.61. The van der Waals surface area contributed by atoms with E-state index in [1.807, 2.05) is 11.0 Å². The molecule has 6 nitrogen and oxygen atoms in total. The van der Waals surface area contributed by atoms with Crippen molar-refractivity contribution in [3.05, 3.63) is 23.8 Å². The molecule has 2 N–H and O–H groups in total. The Morgan fingerprint density at radius 1 is 1.38 bits per heavy atom. The van der Waals surface area contributed by atoms with Gasteiger partial charge in [0.25, 0.3) is 0 Å². The number of piperidine rings is 1. The van der Waals surface area contributed by atoms with Crippen molar-refractivity contribution in [2.75, 3.05) is 26.8 Å². The average molecular weight is 360 g/mol. The lowest BCUT2D eigenvalue weighted by Crippen LogP contribution is -2.60. The third-order valence-electron chi connectivity index (χ3n) is 6.04. The number of hydrogen-bond donors (Lipinski definition) is 2. The number of benzene rings is 1. The molecule has 26 heavy (non-hydrogen) atoms. The van der Waals surface area contributed by atoms with Crippen molar-refractivity contribution in [3.63, 3.8) is 0 Å². The summed E-state index contributed by atoms with van der Waals surface area (Å²) in [5.41, 5.74) is 0.850. The summed E-state index contributed by atoms with van der Waals surface area (Å²) in [5.74, 6) is 0.759. The number of ether oxygens (including phenoxy) is 2. The second-order valence-corrected chi connectivity index (χ2v) is 7.90. The first-order chi connectivity index (χ1) is 12.6. The van der Waals surface area contributed by atoms with Gasteiger partial charge >= 0.3 is 0 Å². The Hall–Kier alpha value is -1.79. The van der Waals surface area contributed by atoms with E-state index in [0.717, 1.165) is 24.9 Å². The lowest BCUT2D eigenvalue weighted by atomic mass is 9.85. The molecular weight excluding hydrogens is 332 g/mol. The van der Waals surface area contributed by atoms with Crippen LogP contribution in [0.2, 0.25) is 0 Å². The molecule has 1 amide bonds. The first kappa shape index (κ1) is 17.6.